The molecule has 3 N–H and O–H groups in total. The minimum absolute atomic E-state index is 0.105. The van der Waals surface area contributed by atoms with E-state index in [2.05, 4.69) is 25.9 Å². The molecule has 0 spiro atoms. The maximum atomic E-state index is 13.6. The second kappa shape index (κ2) is 8.56. The van der Waals surface area contributed by atoms with Crippen LogP contribution in [0.3, 0.4) is 0 Å². The highest BCUT2D eigenvalue weighted by atomic mass is 19.1. The highest BCUT2D eigenvalue weighted by molar-refractivity contribution is 5.91. The first kappa shape index (κ1) is 19.3. The monoisotopic (exact) mass is 409 g/mol. The summed E-state index contributed by atoms with van der Waals surface area (Å²) in [5.41, 5.74) is 0.644. The molecule has 152 valence electrons. The number of benzene rings is 2. The van der Waals surface area contributed by atoms with Crippen LogP contribution < -0.4 is 16.0 Å². The van der Waals surface area contributed by atoms with Crippen molar-refractivity contribution in [3.63, 3.8) is 0 Å². The van der Waals surface area contributed by atoms with Crippen LogP contribution in [0.25, 0.3) is 22.5 Å². The molecule has 0 unspecified atom stereocenters. The molecule has 9 heteroatoms. The highest BCUT2D eigenvalue weighted by Gasteiger charge is 2.11. The Hall–Kier alpha value is -4.01. The summed E-state index contributed by atoms with van der Waals surface area (Å²) in [5.74, 6) is 0.0231. The summed E-state index contributed by atoms with van der Waals surface area (Å²) in [6.07, 6.45) is 1.55. The Morgan fingerprint density at radius 2 is 1.87 bits per heavy atom. The Balaban J connectivity index is 1.39. The van der Waals surface area contributed by atoms with Gasteiger partial charge in [0.1, 0.15) is 17.5 Å². The van der Waals surface area contributed by atoms with E-state index in [1.54, 1.807) is 18.4 Å². The van der Waals surface area contributed by atoms with Crippen LogP contribution in [-0.4, -0.2) is 29.1 Å². The number of furan rings is 1. The number of carbonyl (C=O) groups is 1. The lowest BCUT2D eigenvalue weighted by Gasteiger charge is -2.11. The third kappa shape index (κ3) is 4.35. The van der Waals surface area contributed by atoms with Gasteiger partial charge in [-0.2, -0.15) is 0 Å². The van der Waals surface area contributed by atoms with Gasteiger partial charge in [-0.05, 0) is 36.4 Å². The standard InChI is InChI=1S/C21H17F2N5O2/c22-13-7-8-17(15(23)12-13)27-21(29)25-10-9-24-19-14-4-1-2-5-16(14)26-20(28-19)18-6-3-11-30-18/h1-8,11-12H,9-10H2,(H,24,26,28)(H2,25,27,29). The van der Waals surface area contributed by atoms with E-state index >= 15 is 0 Å². The molecule has 0 bridgehead atoms. The second-order valence-electron chi connectivity index (χ2n) is 6.32. The highest BCUT2D eigenvalue weighted by Crippen LogP contribution is 2.24. The minimum Gasteiger partial charge on any atom is -0.461 e. The van der Waals surface area contributed by atoms with E-state index in [0.29, 0.717) is 30.0 Å². The first-order valence-electron chi connectivity index (χ1n) is 9.14. The Morgan fingerprint density at radius 1 is 1.00 bits per heavy atom. The van der Waals surface area contributed by atoms with Crippen molar-refractivity contribution in [1.29, 1.82) is 0 Å². The molecule has 4 rings (SSSR count). The van der Waals surface area contributed by atoms with E-state index in [1.807, 2.05) is 24.3 Å². The quantitative estimate of drug-likeness (QED) is 0.411. The minimum atomic E-state index is -0.846. The molecule has 0 fully saturated rings. The molecule has 7 nitrogen and oxygen atoms in total. The number of anilines is 2. The summed E-state index contributed by atoms with van der Waals surface area (Å²) in [5, 5.41) is 8.93. The van der Waals surface area contributed by atoms with E-state index in [1.165, 1.54) is 0 Å². The van der Waals surface area contributed by atoms with Crippen LogP contribution in [0.15, 0.2) is 65.3 Å². The number of aromatic nitrogens is 2. The summed E-state index contributed by atoms with van der Waals surface area (Å²) in [4.78, 5) is 21.0. The predicted octanol–water partition coefficient (Wildman–Crippen LogP) is 4.40. The van der Waals surface area contributed by atoms with Gasteiger partial charge >= 0.3 is 6.03 Å². The Bertz CT molecular complexity index is 1180. The number of rotatable bonds is 6. The first-order chi connectivity index (χ1) is 14.6. The van der Waals surface area contributed by atoms with Gasteiger partial charge in [-0.1, -0.05) is 12.1 Å². The fourth-order valence-electron chi connectivity index (χ4n) is 2.84. The van der Waals surface area contributed by atoms with Gasteiger partial charge in [0, 0.05) is 24.5 Å². The van der Waals surface area contributed by atoms with E-state index in [9.17, 15) is 13.6 Å². The summed E-state index contributed by atoms with van der Waals surface area (Å²) in [7, 11) is 0. The number of halogens is 2. The molecule has 0 radical (unpaired) electrons. The molecule has 0 aliphatic rings. The number of nitrogens with one attached hydrogen (secondary N) is 3. The summed E-state index contributed by atoms with van der Waals surface area (Å²) in [6.45, 7) is 0.598. The Labute approximate surface area is 170 Å². The zero-order valence-corrected chi connectivity index (χ0v) is 15.7. The molecular weight excluding hydrogens is 392 g/mol. The zero-order chi connectivity index (χ0) is 20.9. The SMILES string of the molecule is O=C(NCCNc1nc(-c2ccco2)nc2ccccc12)Nc1ccc(F)cc1F. The lowest BCUT2D eigenvalue weighted by atomic mass is 10.2. The average molecular weight is 409 g/mol. The van der Waals surface area contributed by atoms with E-state index < -0.39 is 17.7 Å². The molecule has 0 saturated carbocycles. The number of urea groups is 1. The summed E-state index contributed by atoms with van der Waals surface area (Å²) >= 11 is 0. The van der Waals surface area contributed by atoms with Crippen molar-refractivity contribution < 1.29 is 18.0 Å². The van der Waals surface area contributed by atoms with Gasteiger partial charge in [-0.25, -0.2) is 23.5 Å². The lowest BCUT2D eigenvalue weighted by Crippen LogP contribution is -2.33. The zero-order valence-electron chi connectivity index (χ0n) is 15.7. The normalized spacial score (nSPS) is 10.7. The van der Waals surface area contributed by atoms with Gasteiger partial charge < -0.3 is 20.4 Å². The fourth-order valence-corrected chi connectivity index (χ4v) is 2.84. The van der Waals surface area contributed by atoms with Crippen LogP contribution >= 0.6 is 0 Å². The van der Waals surface area contributed by atoms with Crippen molar-refractivity contribution >= 4 is 28.4 Å². The van der Waals surface area contributed by atoms with E-state index in [0.717, 1.165) is 23.0 Å². The van der Waals surface area contributed by atoms with Crippen molar-refractivity contribution in [1.82, 2.24) is 15.3 Å². The molecule has 0 atom stereocenters. The maximum absolute atomic E-state index is 13.6. The fraction of sp³-hybridized carbons (Fsp3) is 0.0952. The van der Waals surface area contributed by atoms with Gasteiger partial charge in [0.2, 0.25) is 0 Å². The van der Waals surface area contributed by atoms with Gasteiger partial charge in [0.05, 0.1) is 17.5 Å². The van der Waals surface area contributed by atoms with Gasteiger partial charge in [-0.15, -0.1) is 0 Å². The lowest BCUT2D eigenvalue weighted by molar-refractivity contribution is 0.252. The van der Waals surface area contributed by atoms with E-state index in [4.69, 9.17) is 4.42 Å². The largest absolute Gasteiger partial charge is 0.461 e. The second-order valence-corrected chi connectivity index (χ2v) is 6.32. The molecular formula is C21H17F2N5O2. The molecule has 30 heavy (non-hydrogen) atoms. The van der Waals surface area contributed by atoms with Crippen LogP contribution in [0.1, 0.15) is 0 Å². The van der Waals surface area contributed by atoms with Crippen LogP contribution in [0.4, 0.5) is 25.1 Å². The number of amides is 2. The molecule has 4 aromatic rings. The molecule has 2 aromatic carbocycles. The molecule has 0 aliphatic heterocycles. The van der Waals surface area contributed by atoms with E-state index in [-0.39, 0.29) is 12.2 Å². The molecule has 0 saturated heterocycles. The molecule has 2 heterocycles. The number of fused-ring (bicyclic) bond motifs is 1. The smallest absolute Gasteiger partial charge is 0.319 e. The van der Waals surface area contributed by atoms with Crippen LogP contribution in [0.2, 0.25) is 0 Å². The predicted molar refractivity (Wildman–Crippen MR) is 109 cm³/mol. The topological polar surface area (TPSA) is 92.1 Å². The van der Waals surface area contributed by atoms with Crippen molar-refractivity contribution in [2.75, 3.05) is 23.7 Å². The Morgan fingerprint density at radius 3 is 2.67 bits per heavy atom. The third-order valence-electron chi connectivity index (χ3n) is 4.23. The molecule has 0 aliphatic carbocycles. The van der Waals surface area contributed by atoms with Gasteiger partial charge in [-0.3, -0.25) is 0 Å². The number of carbonyl (C=O) groups excluding carboxylic acids is 1. The number of nitrogens with zero attached hydrogens (tertiary/aromatic N) is 2. The van der Waals surface area contributed by atoms with Crippen molar-refractivity contribution in [2.45, 2.75) is 0 Å². The summed E-state index contributed by atoms with van der Waals surface area (Å²) < 4.78 is 31.9. The van der Waals surface area contributed by atoms with Crippen molar-refractivity contribution in [2.24, 2.45) is 0 Å². The van der Waals surface area contributed by atoms with Crippen molar-refractivity contribution in [3.8, 4) is 11.6 Å². The number of hydrogen-bond acceptors (Lipinski definition) is 5. The van der Waals surface area contributed by atoms with Gasteiger partial charge in [0.25, 0.3) is 0 Å². The van der Waals surface area contributed by atoms with Crippen LogP contribution in [0, 0.1) is 11.6 Å². The van der Waals surface area contributed by atoms with Crippen LogP contribution in [-0.2, 0) is 0 Å². The average Bonchev–Trinajstić information content (AvgIpc) is 3.28. The third-order valence-corrected chi connectivity index (χ3v) is 4.23. The first-order valence-corrected chi connectivity index (χ1v) is 9.14. The number of para-hydroxylation sites is 1. The van der Waals surface area contributed by atoms with Crippen LogP contribution in [0.5, 0.6) is 0 Å². The number of hydrogen-bond donors (Lipinski definition) is 3. The van der Waals surface area contributed by atoms with Crippen molar-refractivity contribution in [3.05, 3.63) is 72.5 Å². The molecule has 2 amide bonds. The summed E-state index contributed by atoms with van der Waals surface area (Å²) in [6, 6.07) is 13.4. The van der Waals surface area contributed by atoms with Gasteiger partial charge in [0.15, 0.2) is 11.6 Å². The maximum Gasteiger partial charge on any atom is 0.319 e. The molecule has 2 aromatic heterocycles. The Kier molecular flexibility index (Phi) is 5.51.